The van der Waals surface area contributed by atoms with Gasteiger partial charge in [-0.15, -0.1) is 0 Å². The van der Waals surface area contributed by atoms with Crippen molar-refractivity contribution in [3.63, 3.8) is 0 Å². The molecule has 0 bridgehead atoms. The van der Waals surface area contributed by atoms with E-state index in [1.807, 2.05) is 37.6 Å². The van der Waals surface area contributed by atoms with Gasteiger partial charge in [0.1, 0.15) is 5.82 Å². The number of nitrogens with two attached hydrogens (primary N) is 1. The van der Waals surface area contributed by atoms with Gasteiger partial charge in [-0.3, -0.25) is 4.98 Å². The van der Waals surface area contributed by atoms with Crippen molar-refractivity contribution in [2.45, 2.75) is 19.5 Å². The van der Waals surface area contributed by atoms with Crippen LogP contribution < -0.4 is 5.73 Å². The Labute approximate surface area is 149 Å². The van der Waals surface area contributed by atoms with Crippen LogP contribution in [0.25, 0.3) is 11.6 Å². The van der Waals surface area contributed by atoms with Gasteiger partial charge >= 0.3 is 0 Å². The lowest BCUT2D eigenvalue weighted by Crippen LogP contribution is -2.16. The Bertz CT molecular complexity index is 942. The van der Waals surface area contributed by atoms with Crippen LogP contribution in [0, 0.1) is 6.92 Å². The number of hydrogen-bond donors (Lipinski definition) is 1. The summed E-state index contributed by atoms with van der Waals surface area (Å²) in [6.45, 7) is 2.75. The van der Waals surface area contributed by atoms with Gasteiger partial charge in [0.25, 0.3) is 0 Å². The van der Waals surface area contributed by atoms with Crippen LogP contribution in [-0.4, -0.2) is 14.5 Å². The molecule has 120 valence electrons. The fraction of sp³-hybridized carbons (Fsp3) is 0.158. The van der Waals surface area contributed by atoms with Crippen LogP contribution in [-0.2, 0) is 6.54 Å². The van der Waals surface area contributed by atoms with Crippen LogP contribution in [0.3, 0.4) is 0 Å². The number of aromatic nitrogens is 3. The molecular formula is C19H17BrN4. The lowest BCUT2D eigenvalue weighted by Gasteiger charge is -2.16. The summed E-state index contributed by atoms with van der Waals surface area (Å²) in [4.78, 5) is 8.95. The summed E-state index contributed by atoms with van der Waals surface area (Å²) in [7, 11) is 0. The highest BCUT2D eigenvalue weighted by atomic mass is 79.9. The molecule has 0 saturated heterocycles. The van der Waals surface area contributed by atoms with E-state index in [2.05, 4.69) is 54.7 Å². The molecule has 0 radical (unpaired) electrons. The van der Waals surface area contributed by atoms with E-state index in [-0.39, 0.29) is 6.04 Å². The average Bonchev–Trinajstić information content (AvgIpc) is 2.94. The highest BCUT2D eigenvalue weighted by Crippen LogP contribution is 2.36. The van der Waals surface area contributed by atoms with Gasteiger partial charge in [0.05, 0.1) is 11.7 Å². The Morgan fingerprint density at radius 3 is 2.88 bits per heavy atom. The van der Waals surface area contributed by atoms with Crippen molar-refractivity contribution in [1.82, 2.24) is 14.5 Å². The van der Waals surface area contributed by atoms with E-state index in [4.69, 9.17) is 5.73 Å². The first kappa shape index (κ1) is 15.3. The zero-order chi connectivity index (χ0) is 16.7. The van der Waals surface area contributed by atoms with Crippen LogP contribution in [0.4, 0.5) is 0 Å². The summed E-state index contributed by atoms with van der Waals surface area (Å²) in [5.41, 5.74) is 12.0. The number of allylic oxidation sites excluding steroid dienone is 1. The van der Waals surface area contributed by atoms with Crippen LogP contribution in [0.5, 0.6) is 0 Å². The molecule has 0 spiro atoms. The number of halogens is 1. The standard InChI is InChI=1S/C19H17BrN4/c1-12-22-6-7-24(12)11-14-8-13-4-2-3-5-16(13)18(21)19-17(14)9-15(20)10-23-19/h2-10,18H,11,21H2,1H3. The van der Waals surface area contributed by atoms with Crippen molar-refractivity contribution in [3.05, 3.63) is 81.6 Å². The van der Waals surface area contributed by atoms with Crippen molar-refractivity contribution in [3.8, 4) is 0 Å². The average molecular weight is 381 g/mol. The summed E-state index contributed by atoms with van der Waals surface area (Å²) in [6, 6.07) is 10.1. The third-order valence-corrected chi connectivity index (χ3v) is 4.88. The van der Waals surface area contributed by atoms with Gasteiger partial charge < -0.3 is 10.3 Å². The molecule has 4 nitrogen and oxygen atoms in total. The first-order chi connectivity index (χ1) is 11.6. The van der Waals surface area contributed by atoms with Gasteiger partial charge in [-0.1, -0.05) is 24.3 Å². The highest BCUT2D eigenvalue weighted by molar-refractivity contribution is 9.10. The van der Waals surface area contributed by atoms with Crippen LogP contribution in [0.2, 0.25) is 0 Å². The molecule has 1 aliphatic carbocycles. The van der Waals surface area contributed by atoms with Gasteiger partial charge in [-0.05, 0) is 51.7 Å². The summed E-state index contributed by atoms with van der Waals surface area (Å²) in [6.07, 6.45) is 7.85. The molecule has 2 aromatic heterocycles. The van der Waals surface area contributed by atoms with Crippen molar-refractivity contribution < 1.29 is 0 Å². The van der Waals surface area contributed by atoms with E-state index < -0.39 is 0 Å². The normalized spacial score (nSPS) is 16.1. The van der Waals surface area contributed by atoms with Crippen LogP contribution >= 0.6 is 15.9 Å². The van der Waals surface area contributed by atoms with E-state index in [9.17, 15) is 0 Å². The highest BCUT2D eigenvalue weighted by Gasteiger charge is 2.23. The number of hydrogen-bond acceptors (Lipinski definition) is 3. The van der Waals surface area contributed by atoms with Gasteiger partial charge in [0, 0.05) is 35.2 Å². The quantitative estimate of drug-likeness (QED) is 0.731. The second kappa shape index (κ2) is 6.00. The Morgan fingerprint density at radius 2 is 2.08 bits per heavy atom. The molecule has 1 atom stereocenters. The van der Waals surface area contributed by atoms with E-state index in [1.54, 1.807) is 0 Å². The topological polar surface area (TPSA) is 56.7 Å². The molecule has 3 aromatic rings. The van der Waals surface area contributed by atoms with Crippen LogP contribution in [0.15, 0.2) is 53.4 Å². The number of aryl methyl sites for hydroxylation is 1. The molecule has 1 aromatic carbocycles. The Balaban J connectivity index is 1.93. The number of benzene rings is 1. The van der Waals surface area contributed by atoms with E-state index in [1.165, 1.54) is 5.57 Å². The molecule has 0 fully saturated rings. The largest absolute Gasteiger partial charge is 0.331 e. The number of fused-ring (bicyclic) bond motifs is 2. The molecule has 2 N–H and O–H groups in total. The second-order valence-corrected chi connectivity index (χ2v) is 6.88. The fourth-order valence-electron chi connectivity index (χ4n) is 3.18. The Morgan fingerprint density at radius 1 is 1.25 bits per heavy atom. The van der Waals surface area contributed by atoms with Crippen molar-refractivity contribution >= 4 is 27.6 Å². The number of imidazole rings is 1. The maximum absolute atomic E-state index is 6.54. The molecule has 0 amide bonds. The van der Waals surface area contributed by atoms with E-state index >= 15 is 0 Å². The van der Waals surface area contributed by atoms with Crippen molar-refractivity contribution in [2.75, 3.05) is 0 Å². The smallest absolute Gasteiger partial charge is 0.105 e. The van der Waals surface area contributed by atoms with E-state index in [0.717, 1.165) is 39.2 Å². The Hall–Kier alpha value is -2.24. The SMILES string of the molecule is Cc1nccn1CC1=Cc2ccccc2C(N)c2ncc(Br)cc21. The van der Waals surface area contributed by atoms with Gasteiger partial charge in [-0.25, -0.2) is 4.98 Å². The predicted molar refractivity (Wildman–Crippen MR) is 99.2 cm³/mol. The first-order valence-electron chi connectivity index (χ1n) is 7.82. The maximum atomic E-state index is 6.54. The van der Waals surface area contributed by atoms with Gasteiger partial charge in [-0.2, -0.15) is 0 Å². The molecule has 0 saturated carbocycles. The third kappa shape index (κ3) is 2.60. The molecule has 1 aliphatic rings. The van der Waals surface area contributed by atoms with Crippen molar-refractivity contribution in [1.29, 1.82) is 0 Å². The molecule has 4 rings (SSSR count). The van der Waals surface area contributed by atoms with Crippen molar-refractivity contribution in [2.24, 2.45) is 5.73 Å². The lowest BCUT2D eigenvalue weighted by atomic mass is 9.98. The zero-order valence-electron chi connectivity index (χ0n) is 13.3. The molecule has 5 heteroatoms. The summed E-state index contributed by atoms with van der Waals surface area (Å²) < 4.78 is 3.09. The first-order valence-corrected chi connectivity index (χ1v) is 8.61. The molecule has 24 heavy (non-hydrogen) atoms. The Kier molecular flexibility index (Phi) is 3.82. The number of rotatable bonds is 2. The van der Waals surface area contributed by atoms with Crippen LogP contribution in [0.1, 0.15) is 34.3 Å². The monoisotopic (exact) mass is 380 g/mol. The minimum atomic E-state index is -0.234. The van der Waals surface area contributed by atoms with Gasteiger partial charge in [0.2, 0.25) is 0 Å². The number of nitrogens with zero attached hydrogens (tertiary/aromatic N) is 3. The van der Waals surface area contributed by atoms with E-state index in [0.29, 0.717) is 0 Å². The molecule has 1 unspecified atom stereocenters. The van der Waals surface area contributed by atoms with Gasteiger partial charge in [0.15, 0.2) is 0 Å². The zero-order valence-corrected chi connectivity index (χ0v) is 14.9. The minimum Gasteiger partial charge on any atom is -0.331 e. The maximum Gasteiger partial charge on any atom is 0.105 e. The fourth-order valence-corrected chi connectivity index (χ4v) is 3.51. The summed E-state index contributed by atoms with van der Waals surface area (Å²) in [5.74, 6) is 0.988. The molecule has 0 aliphatic heterocycles. The predicted octanol–water partition coefficient (Wildman–Crippen LogP) is 3.95. The lowest BCUT2D eigenvalue weighted by molar-refractivity contribution is 0.786. The second-order valence-electron chi connectivity index (χ2n) is 5.96. The summed E-state index contributed by atoms with van der Waals surface area (Å²) in [5, 5.41) is 0. The molecule has 2 heterocycles. The minimum absolute atomic E-state index is 0.234. The summed E-state index contributed by atoms with van der Waals surface area (Å²) >= 11 is 3.54. The molecular weight excluding hydrogens is 364 g/mol. The number of pyridine rings is 1. The third-order valence-electron chi connectivity index (χ3n) is 4.45.